The second-order valence-corrected chi connectivity index (χ2v) is 2.87. The zero-order valence-electron chi connectivity index (χ0n) is 7.68. The molecule has 3 heteroatoms. The van der Waals surface area contributed by atoms with Crippen LogP contribution in [0.5, 0.6) is 0 Å². The second kappa shape index (κ2) is 5.32. The first-order valence-corrected chi connectivity index (χ1v) is 4.24. The molecule has 0 heterocycles. The van der Waals surface area contributed by atoms with Crippen LogP contribution in [0.1, 0.15) is 12.5 Å². The number of benzene rings is 1. The van der Waals surface area contributed by atoms with Gasteiger partial charge < -0.3 is 10.6 Å². The molecule has 0 fully saturated rings. The van der Waals surface area contributed by atoms with Crippen molar-refractivity contribution in [3.05, 3.63) is 35.9 Å². The molecule has 70 valence electrons. The van der Waals surface area contributed by atoms with Crippen LogP contribution >= 0.6 is 0 Å². The van der Waals surface area contributed by atoms with Crippen molar-refractivity contribution < 1.29 is 4.84 Å². The Kier molecular flexibility index (Phi) is 3.99. The maximum Gasteiger partial charge on any atom is 0.142 e. The lowest BCUT2D eigenvalue weighted by Gasteiger charge is -1.99. The Hall–Kier alpha value is -1.35. The molecule has 1 unspecified atom stereocenters. The lowest BCUT2D eigenvalue weighted by atomic mass is 10.2. The molecule has 0 saturated carbocycles. The SMILES string of the molecule is CC(N)C=NOCc1ccccc1. The average Bonchev–Trinajstić information content (AvgIpc) is 2.14. The van der Waals surface area contributed by atoms with Gasteiger partial charge in [0.05, 0.1) is 6.21 Å². The first-order chi connectivity index (χ1) is 6.29. The highest BCUT2D eigenvalue weighted by Crippen LogP contribution is 1.99. The van der Waals surface area contributed by atoms with Crippen molar-refractivity contribution in [3.8, 4) is 0 Å². The third-order valence-corrected chi connectivity index (χ3v) is 1.44. The van der Waals surface area contributed by atoms with Crippen molar-refractivity contribution in [1.29, 1.82) is 0 Å². The number of hydrogen-bond acceptors (Lipinski definition) is 3. The molecule has 0 aromatic heterocycles. The molecule has 3 nitrogen and oxygen atoms in total. The molecule has 0 aliphatic rings. The summed E-state index contributed by atoms with van der Waals surface area (Å²) in [5, 5.41) is 3.72. The Morgan fingerprint density at radius 3 is 2.77 bits per heavy atom. The minimum Gasteiger partial charge on any atom is -0.391 e. The average molecular weight is 178 g/mol. The molecular weight excluding hydrogens is 164 g/mol. The lowest BCUT2D eigenvalue weighted by molar-refractivity contribution is 0.131. The number of hydrogen-bond donors (Lipinski definition) is 1. The molecular formula is C10H14N2O. The fourth-order valence-corrected chi connectivity index (χ4v) is 0.825. The first-order valence-electron chi connectivity index (χ1n) is 4.24. The molecule has 0 radical (unpaired) electrons. The van der Waals surface area contributed by atoms with E-state index in [-0.39, 0.29) is 6.04 Å². The number of nitrogens with two attached hydrogens (primary N) is 1. The molecule has 1 aromatic carbocycles. The highest BCUT2D eigenvalue weighted by Gasteiger charge is 1.89. The molecule has 1 atom stereocenters. The van der Waals surface area contributed by atoms with Gasteiger partial charge in [0.15, 0.2) is 0 Å². The molecule has 0 spiro atoms. The van der Waals surface area contributed by atoms with Gasteiger partial charge in [-0.15, -0.1) is 0 Å². The summed E-state index contributed by atoms with van der Waals surface area (Å²) >= 11 is 0. The molecule has 0 amide bonds. The quantitative estimate of drug-likeness (QED) is 0.561. The molecule has 13 heavy (non-hydrogen) atoms. The summed E-state index contributed by atoms with van der Waals surface area (Å²) in [6, 6.07) is 9.81. The van der Waals surface area contributed by atoms with Gasteiger partial charge in [0.1, 0.15) is 6.61 Å². The summed E-state index contributed by atoms with van der Waals surface area (Å²) in [7, 11) is 0. The minimum absolute atomic E-state index is 0.0595. The van der Waals surface area contributed by atoms with Crippen LogP contribution in [0.3, 0.4) is 0 Å². The van der Waals surface area contributed by atoms with E-state index in [0.717, 1.165) is 5.56 Å². The molecule has 2 N–H and O–H groups in total. The van der Waals surface area contributed by atoms with Gasteiger partial charge in [-0.25, -0.2) is 0 Å². The van der Waals surface area contributed by atoms with E-state index in [0.29, 0.717) is 6.61 Å². The summed E-state index contributed by atoms with van der Waals surface area (Å²) in [5.41, 5.74) is 6.54. The van der Waals surface area contributed by atoms with Crippen molar-refractivity contribution in [2.45, 2.75) is 19.6 Å². The van der Waals surface area contributed by atoms with Crippen LogP contribution in [-0.2, 0) is 11.4 Å². The Labute approximate surface area is 78.2 Å². The van der Waals surface area contributed by atoms with Gasteiger partial charge in [0.25, 0.3) is 0 Å². The van der Waals surface area contributed by atoms with Gasteiger partial charge in [0, 0.05) is 6.04 Å². The lowest BCUT2D eigenvalue weighted by Crippen LogP contribution is -2.15. The van der Waals surface area contributed by atoms with Crippen LogP contribution in [0.2, 0.25) is 0 Å². The Morgan fingerprint density at radius 1 is 1.46 bits per heavy atom. The van der Waals surface area contributed by atoms with Crippen LogP contribution in [0, 0.1) is 0 Å². The number of nitrogens with zero attached hydrogens (tertiary/aromatic N) is 1. The van der Waals surface area contributed by atoms with Crippen LogP contribution in [0.4, 0.5) is 0 Å². The Bertz CT molecular complexity index is 257. The zero-order chi connectivity index (χ0) is 9.52. The van der Waals surface area contributed by atoms with Gasteiger partial charge in [-0.1, -0.05) is 35.5 Å². The normalized spacial score (nSPS) is 13.1. The van der Waals surface area contributed by atoms with Gasteiger partial charge in [0.2, 0.25) is 0 Å². The molecule has 0 saturated heterocycles. The van der Waals surface area contributed by atoms with Crippen LogP contribution < -0.4 is 5.73 Å². The van der Waals surface area contributed by atoms with E-state index in [1.54, 1.807) is 6.21 Å². The Balaban J connectivity index is 2.28. The van der Waals surface area contributed by atoms with E-state index in [4.69, 9.17) is 10.6 Å². The smallest absolute Gasteiger partial charge is 0.142 e. The van der Waals surface area contributed by atoms with Crippen LogP contribution in [0.25, 0.3) is 0 Å². The van der Waals surface area contributed by atoms with Gasteiger partial charge in [-0.3, -0.25) is 0 Å². The Morgan fingerprint density at radius 2 is 2.15 bits per heavy atom. The van der Waals surface area contributed by atoms with Crippen molar-refractivity contribution in [2.24, 2.45) is 10.9 Å². The van der Waals surface area contributed by atoms with Gasteiger partial charge in [-0.2, -0.15) is 0 Å². The second-order valence-electron chi connectivity index (χ2n) is 2.87. The highest BCUT2D eigenvalue weighted by atomic mass is 16.6. The van der Waals surface area contributed by atoms with Crippen molar-refractivity contribution >= 4 is 6.21 Å². The molecule has 1 rings (SSSR count). The fraction of sp³-hybridized carbons (Fsp3) is 0.300. The predicted octanol–water partition coefficient (Wildman–Crippen LogP) is 1.54. The highest BCUT2D eigenvalue weighted by molar-refractivity contribution is 5.62. The maximum absolute atomic E-state index is 5.44. The monoisotopic (exact) mass is 178 g/mol. The van der Waals surface area contributed by atoms with E-state index in [1.165, 1.54) is 0 Å². The standard InChI is InChI=1S/C10H14N2O/c1-9(11)7-12-13-8-10-5-3-2-4-6-10/h2-7,9H,8,11H2,1H3. The van der Waals surface area contributed by atoms with Crippen molar-refractivity contribution in [1.82, 2.24) is 0 Å². The summed E-state index contributed by atoms with van der Waals surface area (Å²) in [5.74, 6) is 0. The fourth-order valence-electron chi connectivity index (χ4n) is 0.825. The van der Waals surface area contributed by atoms with Crippen LogP contribution in [-0.4, -0.2) is 12.3 Å². The van der Waals surface area contributed by atoms with E-state index in [1.807, 2.05) is 37.3 Å². The van der Waals surface area contributed by atoms with Gasteiger partial charge in [-0.05, 0) is 12.5 Å². The van der Waals surface area contributed by atoms with Crippen LogP contribution in [0.15, 0.2) is 35.5 Å². The molecule has 1 aromatic rings. The third-order valence-electron chi connectivity index (χ3n) is 1.44. The topological polar surface area (TPSA) is 47.6 Å². The summed E-state index contributed by atoms with van der Waals surface area (Å²) in [6.07, 6.45) is 1.57. The maximum atomic E-state index is 5.44. The predicted molar refractivity (Wildman–Crippen MR) is 53.4 cm³/mol. The molecule has 0 aliphatic heterocycles. The zero-order valence-corrected chi connectivity index (χ0v) is 7.68. The van der Waals surface area contributed by atoms with Crippen molar-refractivity contribution in [2.75, 3.05) is 0 Å². The van der Waals surface area contributed by atoms with Crippen molar-refractivity contribution in [3.63, 3.8) is 0 Å². The van der Waals surface area contributed by atoms with E-state index >= 15 is 0 Å². The minimum atomic E-state index is -0.0595. The molecule has 0 aliphatic carbocycles. The largest absolute Gasteiger partial charge is 0.391 e. The third kappa shape index (κ3) is 4.28. The summed E-state index contributed by atoms with van der Waals surface area (Å²) < 4.78 is 0. The first kappa shape index (κ1) is 9.74. The van der Waals surface area contributed by atoms with E-state index in [2.05, 4.69) is 5.16 Å². The summed E-state index contributed by atoms with van der Waals surface area (Å²) in [4.78, 5) is 5.02. The molecule has 0 bridgehead atoms. The number of oxime groups is 1. The van der Waals surface area contributed by atoms with E-state index in [9.17, 15) is 0 Å². The summed E-state index contributed by atoms with van der Waals surface area (Å²) in [6.45, 7) is 2.33. The number of rotatable bonds is 4. The van der Waals surface area contributed by atoms with Gasteiger partial charge >= 0.3 is 0 Å². The van der Waals surface area contributed by atoms with E-state index < -0.39 is 0 Å².